The first-order chi connectivity index (χ1) is 12.2. The number of hydrogen-bond acceptors (Lipinski definition) is 3. The van der Waals surface area contributed by atoms with Crippen LogP contribution in [0, 0.1) is 0 Å². The van der Waals surface area contributed by atoms with E-state index in [4.69, 9.17) is 9.73 Å². The molecule has 0 aromatic heterocycles. The molecule has 0 radical (unpaired) electrons. The van der Waals surface area contributed by atoms with Gasteiger partial charge in [0.1, 0.15) is 0 Å². The molecule has 2 N–H and O–H groups in total. The third-order valence-corrected chi connectivity index (χ3v) is 4.38. The van der Waals surface area contributed by atoms with Crippen LogP contribution in [-0.2, 0) is 12.8 Å². The molecule has 1 aliphatic rings. The molecule has 140 valence electrons. The van der Waals surface area contributed by atoms with Crippen molar-refractivity contribution in [3.63, 3.8) is 0 Å². The summed E-state index contributed by atoms with van der Waals surface area (Å²) in [5, 5.41) is 13.1. The first-order valence-corrected chi connectivity index (χ1v) is 8.72. The van der Waals surface area contributed by atoms with Gasteiger partial charge in [-0.15, -0.1) is 24.0 Å². The first-order valence-electron chi connectivity index (χ1n) is 8.72. The molecule has 0 unspecified atom stereocenters. The molecule has 1 aliphatic heterocycles. The standard InChI is InChI=1S/C20H25N3O2.HI/c1-3-21-20(23-13-11-16-6-4-5-7-17(16)23)22-12-10-15-8-9-18(24)19(14-15)25-2;/h4-9,14,24H,3,10-13H2,1-2H3,(H,21,22);1H. The lowest BCUT2D eigenvalue weighted by Crippen LogP contribution is -2.40. The quantitative estimate of drug-likeness (QED) is 0.401. The monoisotopic (exact) mass is 467 g/mol. The largest absolute Gasteiger partial charge is 0.504 e. The van der Waals surface area contributed by atoms with Crippen LogP contribution in [0.3, 0.4) is 0 Å². The number of guanidine groups is 1. The summed E-state index contributed by atoms with van der Waals surface area (Å²) in [6, 6.07) is 13.9. The normalized spacial score (nSPS) is 13.2. The summed E-state index contributed by atoms with van der Waals surface area (Å²) >= 11 is 0. The van der Waals surface area contributed by atoms with E-state index in [0.717, 1.165) is 37.5 Å². The number of methoxy groups -OCH3 is 1. The molecule has 2 aromatic carbocycles. The topological polar surface area (TPSA) is 57.1 Å². The maximum absolute atomic E-state index is 9.69. The summed E-state index contributed by atoms with van der Waals surface area (Å²) in [6.07, 6.45) is 1.84. The van der Waals surface area contributed by atoms with Crippen molar-refractivity contribution in [3.8, 4) is 11.5 Å². The number of phenols is 1. The van der Waals surface area contributed by atoms with E-state index in [1.165, 1.54) is 11.3 Å². The minimum atomic E-state index is 0. The SMILES string of the molecule is CCNC(=NCCc1ccc(O)c(OC)c1)N1CCc2ccccc21.I. The third-order valence-electron chi connectivity index (χ3n) is 4.38. The molecule has 0 atom stereocenters. The van der Waals surface area contributed by atoms with Crippen LogP contribution in [-0.4, -0.2) is 37.8 Å². The lowest BCUT2D eigenvalue weighted by atomic mass is 10.1. The molecule has 0 aliphatic carbocycles. The maximum Gasteiger partial charge on any atom is 0.198 e. The predicted molar refractivity (Wildman–Crippen MR) is 117 cm³/mol. The number of rotatable bonds is 5. The zero-order chi connectivity index (χ0) is 17.6. The highest BCUT2D eigenvalue weighted by atomic mass is 127. The van der Waals surface area contributed by atoms with Crippen LogP contribution in [0.25, 0.3) is 0 Å². The number of phenolic OH excluding ortho intramolecular Hbond substituents is 1. The number of aliphatic imine (C=N–C) groups is 1. The molecule has 5 nitrogen and oxygen atoms in total. The van der Waals surface area contributed by atoms with E-state index in [9.17, 15) is 5.11 Å². The molecule has 0 saturated carbocycles. The summed E-state index contributed by atoms with van der Waals surface area (Å²) < 4.78 is 5.17. The molecule has 0 spiro atoms. The van der Waals surface area contributed by atoms with Gasteiger partial charge in [0.25, 0.3) is 0 Å². The van der Waals surface area contributed by atoms with Crippen molar-refractivity contribution in [3.05, 3.63) is 53.6 Å². The summed E-state index contributed by atoms with van der Waals surface area (Å²) in [5.41, 5.74) is 3.71. The second-order valence-electron chi connectivity index (χ2n) is 6.02. The summed E-state index contributed by atoms with van der Waals surface area (Å²) in [4.78, 5) is 7.06. The summed E-state index contributed by atoms with van der Waals surface area (Å²) in [5.74, 6) is 1.59. The Kier molecular flexibility index (Phi) is 7.56. The Morgan fingerprint density at radius 1 is 1.27 bits per heavy atom. The molecule has 1 heterocycles. The van der Waals surface area contributed by atoms with Gasteiger partial charge in [-0.1, -0.05) is 24.3 Å². The van der Waals surface area contributed by atoms with Gasteiger partial charge in [0, 0.05) is 25.3 Å². The number of benzene rings is 2. The lowest BCUT2D eigenvalue weighted by Gasteiger charge is -2.22. The zero-order valence-corrected chi connectivity index (χ0v) is 17.6. The molecule has 0 bridgehead atoms. The van der Waals surface area contributed by atoms with Crippen LogP contribution in [0.1, 0.15) is 18.1 Å². The van der Waals surface area contributed by atoms with E-state index in [1.807, 2.05) is 12.1 Å². The van der Waals surface area contributed by atoms with Crippen molar-refractivity contribution in [1.29, 1.82) is 0 Å². The van der Waals surface area contributed by atoms with E-state index < -0.39 is 0 Å². The molecule has 6 heteroatoms. The Hall–Kier alpha value is -1.96. The van der Waals surface area contributed by atoms with Gasteiger partial charge in [0.2, 0.25) is 0 Å². The molecule has 2 aromatic rings. The Balaban J connectivity index is 0.00000243. The van der Waals surface area contributed by atoms with Gasteiger partial charge in [-0.25, -0.2) is 0 Å². The fourth-order valence-electron chi connectivity index (χ4n) is 3.12. The van der Waals surface area contributed by atoms with E-state index in [0.29, 0.717) is 12.3 Å². The average Bonchev–Trinajstić information content (AvgIpc) is 3.06. The van der Waals surface area contributed by atoms with Crippen LogP contribution in [0.5, 0.6) is 11.5 Å². The van der Waals surface area contributed by atoms with Crippen molar-refractivity contribution in [2.45, 2.75) is 19.8 Å². The molecular formula is C20H26IN3O2. The molecule has 0 amide bonds. The lowest BCUT2D eigenvalue weighted by molar-refractivity contribution is 0.373. The highest BCUT2D eigenvalue weighted by Gasteiger charge is 2.22. The van der Waals surface area contributed by atoms with Gasteiger partial charge < -0.3 is 20.1 Å². The molecule has 26 heavy (non-hydrogen) atoms. The number of halogens is 1. The Bertz CT molecular complexity index is 764. The predicted octanol–water partition coefficient (Wildman–Crippen LogP) is 3.59. The van der Waals surface area contributed by atoms with E-state index in [-0.39, 0.29) is 29.7 Å². The molecule has 3 rings (SSSR count). The van der Waals surface area contributed by atoms with Gasteiger partial charge in [0.15, 0.2) is 17.5 Å². The van der Waals surface area contributed by atoms with Crippen LogP contribution in [0.15, 0.2) is 47.5 Å². The minimum absolute atomic E-state index is 0. The molecule has 0 saturated heterocycles. The second-order valence-corrected chi connectivity index (χ2v) is 6.02. The maximum atomic E-state index is 9.69. The number of anilines is 1. The average molecular weight is 467 g/mol. The smallest absolute Gasteiger partial charge is 0.198 e. The Labute approximate surface area is 172 Å². The Morgan fingerprint density at radius 3 is 2.85 bits per heavy atom. The van der Waals surface area contributed by atoms with Gasteiger partial charge in [0.05, 0.1) is 7.11 Å². The van der Waals surface area contributed by atoms with Crippen molar-refractivity contribution in [2.75, 3.05) is 31.6 Å². The first kappa shape index (κ1) is 20.4. The van der Waals surface area contributed by atoms with Crippen LogP contribution >= 0.6 is 24.0 Å². The van der Waals surface area contributed by atoms with Crippen LogP contribution in [0.4, 0.5) is 5.69 Å². The fraction of sp³-hybridized carbons (Fsp3) is 0.350. The number of ether oxygens (including phenoxy) is 1. The summed E-state index contributed by atoms with van der Waals surface area (Å²) in [7, 11) is 1.56. The second kappa shape index (κ2) is 9.66. The zero-order valence-electron chi connectivity index (χ0n) is 15.2. The van der Waals surface area contributed by atoms with Gasteiger partial charge >= 0.3 is 0 Å². The van der Waals surface area contributed by atoms with Gasteiger partial charge in [-0.05, 0) is 49.1 Å². The van der Waals surface area contributed by atoms with E-state index in [2.05, 4.69) is 41.4 Å². The molecule has 0 fully saturated rings. The number of para-hydroxylation sites is 1. The Morgan fingerprint density at radius 2 is 2.08 bits per heavy atom. The molecular weight excluding hydrogens is 441 g/mol. The highest BCUT2D eigenvalue weighted by Crippen LogP contribution is 2.28. The van der Waals surface area contributed by atoms with Gasteiger partial charge in [-0.3, -0.25) is 4.99 Å². The van der Waals surface area contributed by atoms with Crippen molar-refractivity contribution in [1.82, 2.24) is 5.32 Å². The van der Waals surface area contributed by atoms with Crippen molar-refractivity contribution < 1.29 is 9.84 Å². The van der Waals surface area contributed by atoms with Crippen molar-refractivity contribution >= 4 is 35.6 Å². The van der Waals surface area contributed by atoms with Crippen LogP contribution < -0.4 is 15.0 Å². The van der Waals surface area contributed by atoms with Gasteiger partial charge in [-0.2, -0.15) is 0 Å². The number of fused-ring (bicyclic) bond motifs is 1. The van der Waals surface area contributed by atoms with E-state index in [1.54, 1.807) is 13.2 Å². The summed E-state index contributed by atoms with van der Waals surface area (Å²) in [6.45, 7) is 4.56. The number of aromatic hydroxyl groups is 1. The third kappa shape index (κ3) is 4.60. The number of hydrogen-bond donors (Lipinski definition) is 2. The van der Waals surface area contributed by atoms with E-state index >= 15 is 0 Å². The number of nitrogens with zero attached hydrogens (tertiary/aromatic N) is 2. The number of nitrogens with one attached hydrogen (secondary N) is 1. The fourth-order valence-corrected chi connectivity index (χ4v) is 3.12. The van der Waals surface area contributed by atoms with Crippen LogP contribution in [0.2, 0.25) is 0 Å². The van der Waals surface area contributed by atoms with Crippen molar-refractivity contribution in [2.24, 2.45) is 4.99 Å². The minimum Gasteiger partial charge on any atom is -0.504 e. The highest BCUT2D eigenvalue weighted by molar-refractivity contribution is 14.0.